The Kier molecular flexibility index (Phi) is 5.67. The van der Waals surface area contributed by atoms with E-state index in [1.54, 1.807) is 6.92 Å². The Morgan fingerprint density at radius 3 is 2.31 bits per heavy atom. The number of alkyl halides is 5. The predicted octanol–water partition coefficient (Wildman–Crippen LogP) is 5.03. The standard InChI is InChI=1S/C11H17F3I2/c1-8-6-9(2-4-15)10(12,3-5-16)11(13,14)7-8/h8-9H,2-7H2,1H3. The Morgan fingerprint density at radius 2 is 1.81 bits per heavy atom. The van der Waals surface area contributed by atoms with Crippen LogP contribution in [0, 0.1) is 11.8 Å². The topological polar surface area (TPSA) is 0 Å². The van der Waals surface area contributed by atoms with Gasteiger partial charge >= 0.3 is 0 Å². The van der Waals surface area contributed by atoms with Crippen molar-refractivity contribution in [1.82, 2.24) is 0 Å². The third-order valence-corrected chi connectivity index (χ3v) is 4.62. The van der Waals surface area contributed by atoms with Crippen LogP contribution in [-0.4, -0.2) is 20.4 Å². The SMILES string of the molecule is CC1CC(CCI)C(F)(CCI)C(F)(F)C1. The lowest BCUT2D eigenvalue weighted by Crippen LogP contribution is -2.55. The number of rotatable bonds is 4. The molecule has 96 valence electrons. The monoisotopic (exact) mass is 460 g/mol. The van der Waals surface area contributed by atoms with E-state index in [2.05, 4.69) is 22.6 Å². The molecule has 16 heavy (non-hydrogen) atoms. The molecule has 0 radical (unpaired) electrons. The van der Waals surface area contributed by atoms with Crippen LogP contribution in [0.3, 0.4) is 0 Å². The molecule has 0 saturated heterocycles. The van der Waals surface area contributed by atoms with Crippen LogP contribution in [0.5, 0.6) is 0 Å². The number of halogens is 5. The molecular weight excluding hydrogens is 443 g/mol. The summed E-state index contributed by atoms with van der Waals surface area (Å²) in [5, 5.41) is 0. The summed E-state index contributed by atoms with van der Waals surface area (Å²) in [5.41, 5.74) is -2.27. The lowest BCUT2D eigenvalue weighted by Gasteiger charge is -2.45. The highest BCUT2D eigenvalue weighted by molar-refractivity contribution is 14.1. The summed E-state index contributed by atoms with van der Waals surface area (Å²) in [4.78, 5) is 0. The molecule has 0 amide bonds. The Hall–Kier alpha value is 1.25. The Bertz CT molecular complexity index is 235. The minimum absolute atomic E-state index is 0.0193. The predicted molar refractivity (Wildman–Crippen MR) is 77.7 cm³/mol. The van der Waals surface area contributed by atoms with Crippen LogP contribution in [0.15, 0.2) is 0 Å². The van der Waals surface area contributed by atoms with Gasteiger partial charge in [-0.15, -0.1) is 0 Å². The van der Waals surface area contributed by atoms with Crippen molar-refractivity contribution in [2.24, 2.45) is 11.8 Å². The summed E-state index contributed by atoms with van der Waals surface area (Å²) in [6.07, 6.45) is 0.853. The maximum absolute atomic E-state index is 14.6. The smallest absolute Gasteiger partial charge is 0.237 e. The fourth-order valence-electron chi connectivity index (χ4n) is 2.66. The highest BCUT2D eigenvalue weighted by Crippen LogP contribution is 2.53. The van der Waals surface area contributed by atoms with E-state index in [-0.39, 0.29) is 18.8 Å². The van der Waals surface area contributed by atoms with Gasteiger partial charge in [-0.25, -0.2) is 13.2 Å². The van der Waals surface area contributed by atoms with Crippen molar-refractivity contribution < 1.29 is 13.2 Å². The fraction of sp³-hybridized carbons (Fsp3) is 1.00. The minimum atomic E-state index is -3.15. The molecule has 3 atom stereocenters. The molecule has 0 aromatic heterocycles. The molecule has 0 aliphatic heterocycles. The van der Waals surface area contributed by atoms with Gasteiger partial charge in [-0.3, -0.25) is 0 Å². The zero-order valence-electron chi connectivity index (χ0n) is 9.29. The first-order valence-electron chi connectivity index (χ1n) is 5.56. The molecular formula is C11H17F3I2. The second-order valence-corrected chi connectivity index (χ2v) is 6.88. The van der Waals surface area contributed by atoms with Crippen molar-refractivity contribution in [1.29, 1.82) is 0 Å². The Morgan fingerprint density at radius 1 is 1.19 bits per heavy atom. The van der Waals surface area contributed by atoms with Gasteiger partial charge in [0.15, 0.2) is 5.67 Å². The van der Waals surface area contributed by atoms with Crippen LogP contribution < -0.4 is 0 Å². The largest absolute Gasteiger partial charge is 0.281 e. The van der Waals surface area contributed by atoms with Crippen LogP contribution in [0.2, 0.25) is 0 Å². The molecule has 0 heterocycles. The van der Waals surface area contributed by atoms with Crippen LogP contribution in [0.25, 0.3) is 0 Å². The van der Waals surface area contributed by atoms with Crippen molar-refractivity contribution in [3.05, 3.63) is 0 Å². The van der Waals surface area contributed by atoms with Crippen molar-refractivity contribution in [2.45, 2.75) is 44.2 Å². The molecule has 0 spiro atoms. The van der Waals surface area contributed by atoms with Gasteiger partial charge < -0.3 is 0 Å². The van der Waals surface area contributed by atoms with Gasteiger partial charge in [0.1, 0.15) is 0 Å². The van der Waals surface area contributed by atoms with Gasteiger partial charge in [0.2, 0.25) is 0 Å². The zero-order valence-corrected chi connectivity index (χ0v) is 13.6. The lowest BCUT2D eigenvalue weighted by atomic mass is 9.68. The van der Waals surface area contributed by atoms with E-state index in [1.807, 2.05) is 22.6 Å². The minimum Gasteiger partial charge on any atom is -0.237 e. The highest BCUT2D eigenvalue weighted by Gasteiger charge is 2.61. The summed E-state index contributed by atoms with van der Waals surface area (Å²) in [7, 11) is 0. The normalized spacial score (nSPS) is 38.6. The maximum atomic E-state index is 14.6. The first kappa shape index (κ1) is 15.3. The number of hydrogen-bond donors (Lipinski definition) is 0. The van der Waals surface area contributed by atoms with Gasteiger partial charge in [-0.1, -0.05) is 52.1 Å². The summed E-state index contributed by atoms with van der Waals surface area (Å²) in [5.74, 6) is -3.69. The van der Waals surface area contributed by atoms with Crippen molar-refractivity contribution in [3.63, 3.8) is 0 Å². The molecule has 0 N–H and O–H groups in total. The average Bonchev–Trinajstić information content (AvgIpc) is 2.14. The van der Waals surface area contributed by atoms with Gasteiger partial charge in [-0.2, -0.15) is 0 Å². The first-order chi connectivity index (χ1) is 7.37. The molecule has 3 unspecified atom stereocenters. The average molecular weight is 460 g/mol. The van der Waals surface area contributed by atoms with E-state index in [0.717, 1.165) is 4.43 Å². The summed E-state index contributed by atoms with van der Waals surface area (Å²) >= 11 is 4.13. The Labute approximate surface area is 122 Å². The number of hydrogen-bond acceptors (Lipinski definition) is 0. The third kappa shape index (κ3) is 2.98. The molecule has 1 rings (SSSR count). The second kappa shape index (κ2) is 5.93. The van der Waals surface area contributed by atoms with E-state index in [4.69, 9.17) is 0 Å². The van der Waals surface area contributed by atoms with E-state index in [0.29, 0.717) is 17.3 Å². The molecule has 1 fully saturated rings. The lowest BCUT2D eigenvalue weighted by molar-refractivity contribution is -0.200. The molecule has 1 aliphatic rings. The Balaban J connectivity index is 2.93. The van der Waals surface area contributed by atoms with Crippen molar-refractivity contribution in [2.75, 3.05) is 8.86 Å². The van der Waals surface area contributed by atoms with E-state index < -0.39 is 17.5 Å². The van der Waals surface area contributed by atoms with Crippen LogP contribution in [0.4, 0.5) is 13.2 Å². The molecule has 1 saturated carbocycles. The molecule has 5 heteroatoms. The van der Waals surface area contributed by atoms with Crippen LogP contribution >= 0.6 is 45.2 Å². The van der Waals surface area contributed by atoms with E-state index in [9.17, 15) is 13.2 Å². The highest BCUT2D eigenvalue weighted by atomic mass is 127. The molecule has 0 aromatic rings. The third-order valence-electron chi connectivity index (χ3n) is 3.46. The molecule has 0 nitrogen and oxygen atoms in total. The van der Waals surface area contributed by atoms with Gasteiger partial charge in [0.25, 0.3) is 5.92 Å². The van der Waals surface area contributed by atoms with E-state index >= 15 is 0 Å². The molecule has 0 bridgehead atoms. The first-order valence-corrected chi connectivity index (χ1v) is 8.61. The second-order valence-electron chi connectivity index (χ2n) is 4.73. The fourth-order valence-corrected chi connectivity index (χ4v) is 4.20. The van der Waals surface area contributed by atoms with Gasteiger partial charge in [0.05, 0.1) is 0 Å². The van der Waals surface area contributed by atoms with Crippen molar-refractivity contribution in [3.8, 4) is 0 Å². The summed E-state index contributed by atoms with van der Waals surface area (Å²) < 4.78 is 43.6. The van der Waals surface area contributed by atoms with Crippen molar-refractivity contribution >= 4 is 45.2 Å². The maximum Gasteiger partial charge on any atom is 0.281 e. The van der Waals surface area contributed by atoms with Gasteiger partial charge in [-0.05, 0) is 35.5 Å². The van der Waals surface area contributed by atoms with Crippen LogP contribution in [0.1, 0.15) is 32.6 Å². The zero-order chi connectivity index (χ0) is 12.4. The molecule has 0 aromatic carbocycles. The van der Waals surface area contributed by atoms with E-state index in [1.165, 1.54) is 0 Å². The quantitative estimate of drug-likeness (QED) is 0.408. The summed E-state index contributed by atoms with van der Waals surface area (Å²) in [6.45, 7) is 1.80. The summed E-state index contributed by atoms with van der Waals surface area (Å²) in [6, 6.07) is 0. The van der Waals surface area contributed by atoms with Crippen LogP contribution in [-0.2, 0) is 0 Å². The molecule has 1 aliphatic carbocycles. The van der Waals surface area contributed by atoms with Gasteiger partial charge in [0, 0.05) is 10.8 Å².